The van der Waals surface area contributed by atoms with Gasteiger partial charge >= 0.3 is 0 Å². The quantitative estimate of drug-likeness (QED) is 0.537. The van der Waals surface area contributed by atoms with Gasteiger partial charge < -0.3 is 10.5 Å². The van der Waals surface area contributed by atoms with Crippen molar-refractivity contribution in [2.45, 2.75) is 13.8 Å². The van der Waals surface area contributed by atoms with Crippen molar-refractivity contribution in [1.82, 2.24) is 0 Å². The van der Waals surface area contributed by atoms with Crippen molar-refractivity contribution in [3.63, 3.8) is 0 Å². The lowest BCUT2D eigenvalue weighted by Gasteiger charge is -2.03. The second-order valence-electron chi connectivity index (χ2n) is 2.85. The van der Waals surface area contributed by atoms with E-state index in [9.17, 15) is 0 Å². The molecule has 0 heterocycles. The van der Waals surface area contributed by atoms with Gasteiger partial charge in [-0.25, -0.2) is 0 Å². The minimum Gasteiger partial charge on any atom is -0.463 e. The largest absolute Gasteiger partial charge is 0.463 e. The number of anilines is 1. The number of hydrogen-bond donors (Lipinski definition) is 1. The first-order valence-electron chi connectivity index (χ1n) is 3.84. The summed E-state index contributed by atoms with van der Waals surface area (Å²) in [5, 5.41) is 0. The lowest BCUT2D eigenvalue weighted by atomic mass is 10.3. The van der Waals surface area contributed by atoms with Crippen molar-refractivity contribution < 1.29 is 4.74 Å². The van der Waals surface area contributed by atoms with E-state index in [-0.39, 0.29) is 0 Å². The Morgan fingerprint density at radius 2 is 2.00 bits per heavy atom. The lowest BCUT2D eigenvalue weighted by molar-refractivity contribution is 0.478. The first-order valence-corrected chi connectivity index (χ1v) is 3.84. The van der Waals surface area contributed by atoms with Crippen LogP contribution in [0.1, 0.15) is 13.8 Å². The maximum Gasteiger partial charge on any atom is 0.149 e. The van der Waals surface area contributed by atoms with Crippen molar-refractivity contribution in [2.75, 3.05) is 5.73 Å². The summed E-state index contributed by atoms with van der Waals surface area (Å²) in [7, 11) is 0. The molecule has 0 aliphatic rings. The molecule has 0 amide bonds. The predicted octanol–water partition coefficient (Wildman–Crippen LogP) is 2.57. The van der Waals surface area contributed by atoms with Crippen molar-refractivity contribution in [3.05, 3.63) is 36.1 Å². The van der Waals surface area contributed by atoms with Gasteiger partial charge in [-0.2, -0.15) is 0 Å². The van der Waals surface area contributed by atoms with Gasteiger partial charge in [0.1, 0.15) is 5.75 Å². The molecule has 1 rings (SSSR count). The summed E-state index contributed by atoms with van der Waals surface area (Å²) in [4.78, 5) is 0. The topological polar surface area (TPSA) is 35.2 Å². The van der Waals surface area contributed by atoms with E-state index in [1.165, 1.54) is 0 Å². The molecule has 0 aliphatic carbocycles. The minimum atomic E-state index is 0.662. The highest BCUT2D eigenvalue weighted by atomic mass is 16.5. The number of hydrogen-bond acceptors (Lipinski definition) is 2. The van der Waals surface area contributed by atoms with Gasteiger partial charge in [0.2, 0.25) is 0 Å². The zero-order chi connectivity index (χ0) is 8.97. The highest BCUT2D eigenvalue weighted by molar-refractivity contribution is 5.52. The Balaban J connectivity index is 2.76. The summed E-state index contributed by atoms with van der Waals surface area (Å²) in [6.07, 6.45) is 1.69. The smallest absolute Gasteiger partial charge is 0.149 e. The molecule has 2 nitrogen and oxygen atoms in total. The van der Waals surface area contributed by atoms with Gasteiger partial charge in [0, 0.05) is 0 Å². The Kier molecular flexibility index (Phi) is 2.75. The van der Waals surface area contributed by atoms with Crippen LogP contribution in [0.15, 0.2) is 36.1 Å². The maximum atomic E-state index is 5.65. The highest BCUT2D eigenvalue weighted by Crippen LogP contribution is 2.20. The summed E-state index contributed by atoms with van der Waals surface area (Å²) in [6, 6.07) is 7.43. The number of benzene rings is 1. The molecule has 12 heavy (non-hydrogen) atoms. The van der Waals surface area contributed by atoms with Crippen LogP contribution in [0.4, 0.5) is 5.69 Å². The van der Waals surface area contributed by atoms with Gasteiger partial charge in [0.15, 0.2) is 0 Å². The second-order valence-corrected chi connectivity index (χ2v) is 2.85. The molecule has 0 radical (unpaired) electrons. The van der Waals surface area contributed by atoms with E-state index in [0.717, 1.165) is 5.57 Å². The Labute approximate surface area is 72.7 Å². The number of allylic oxidation sites excluding steroid dienone is 1. The van der Waals surface area contributed by atoms with Gasteiger partial charge in [0.05, 0.1) is 11.9 Å². The summed E-state index contributed by atoms with van der Waals surface area (Å²) in [5.74, 6) is 0.707. The zero-order valence-electron chi connectivity index (χ0n) is 7.37. The van der Waals surface area contributed by atoms with Crippen LogP contribution in [0, 0.1) is 0 Å². The van der Waals surface area contributed by atoms with E-state index >= 15 is 0 Å². The Bertz CT molecular complexity index is 288. The van der Waals surface area contributed by atoms with Crippen LogP contribution in [0.2, 0.25) is 0 Å². The van der Waals surface area contributed by atoms with Crippen molar-refractivity contribution in [2.24, 2.45) is 0 Å². The number of ether oxygens (including phenoxy) is 1. The molecule has 0 saturated carbocycles. The van der Waals surface area contributed by atoms with Crippen LogP contribution in [-0.4, -0.2) is 0 Å². The van der Waals surface area contributed by atoms with Gasteiger partial charge in [-0.15, -0.1) is 0 Å². The highest BCUT2D eigenvalue weighted by Gasteiger charge is 1.94. The van der Waals surface area contributed by atoms with Crippen LogP contribution < -0.4 is 10.5 Å². The van der Waals surface area contributed by atoms with Crippen LogP contribution >= 0.6 is 0 Å². The first-order chi connectivity index (χ1) is 5.70. The molecule has 0 spiro atoms. The number of para-hydroxylation sites is 2. The van der Waals surface area contributed by atoms with Crippen molar-refractivity contribution >= 4 is 5.69 Å². The third-order valence-electron chi connectivity index (χ3n) is 1.34. The third kappa shape index (κ3) is 2.31. The Morgan fingerprint density at radius 3 is 2.58 bits per heavy atom. The normalized spacial score (nSPS) is 9.17. The average molecular weight is 163 g/mol. The number of nitrogens with two attached hydrogens (primary N) is 1. The number of nitrogen functional groups attached to an aromatic ring is 1. The summed E-state index contributed by atoms with van der Waals surface area (Å²) in [6.45, 7) is 3.94. The standard InChI is InChI=1S/C10H13NO/c1-8(2)7-12-10-6-4-3-5-9(10)11/h3-7H,11H2,1-2H3. The Morgan fingerprint density at radius 1 is 1.33 bits per heavy atom. The van der Waals surface area contributed by atoms with Crippen LogP contribution in [-0.2, 0) is 0 Å². The van der Waals surface area contributed by atoms with E-state index in [1.54, 1.807) is 6.26 Å². The molecule has 0 aromatic heterocycles. The minimum absolute atomic E-state index is 0.662. The van der Waals surface area contributed by atoms with Gasteiger partial charge in [0.25, 0.3) is 0 Å². The molecule has 0 saturated heterocycles. The van der Waals surface area contributed by atoms with E-state index in [0.29, 0.717) is 11.4 Å². The van der Waals surface area contributed by atoms with Gasteiger partial charge in [-0.1, -0.05) is 12.1 Å². The molecule has 0 aliphatic heterocycles. The summed E-state index contributed by atoms with van der Waals surface area (Å²) >= 11 is 0. The van der Waals surface area contributed by atoms with E-state index in [1.807, 2.05) is 38.1 Å². The lowest BCUT2D eigenvalue weighted by Crippen LogP contribution is -1.90. The third-order valence-corrected chi connectivity index (χ3v) is 1.34. The second kappa shape index (κ2) is 3.81. The fourth-order valence-corrected chi connectivity index (χ4v) is 0.769. The van der Waals surface area contributed by atoms with Crippen LogP contribution in [0.3, 0.4) is 0 Å². The molecular formula is C10H13NO. The van der Waals surface area contributed by atoms with E-state index < -0.39 is 0 Å². The monoisotopic (exact) mass is 163 g/mol. The molecule has 2 heteroatoms. The van der Waals surface area contributed by atoms with Crippen LogP contribution in [0.5, 0.6) is 5.75 Å². The zero-order valence-corrected chi connectivity index (χ0v) is 7.37. The van der Waals surface area contributed by atoms with Crippen LogP contribution in [0.25, 0.3) is 0 Å². The molecule has 1 aromatic carbocycles. The molecule has 0 fully saturated rings. The van der Waals surface area contributed by atoms with E-state index in [4.69, 9.17) is 10.5 Å². The molecule has 1 aromatic rings. The van der Waals surface area contributed by atoms with Gasteiger partial charge in [-0.3, -0.25) is 0 Å². The molecule has 0 unspecified atom stereocenters. The average Bonchev–Trinajstić information content (AvgIpc) is 2.03. The van der Waals surface area contributed by atoms with Gasteiger partial charge in [-0.05, 0) is 31.6 Å². The van der Waals surface area contributed by atoms with E-state index in [2.05, 4.69) is 0 Å². The molecule has 0 bridgehead atoms. The molecule has 2 N–H and O–H groups in total. The van der Waals surface area contributed by atoms with Crippen molar-refractivity contribution in [3.8, 4) is 5.75 Å². The fourth-order valence-electron chi connectivity index (χ4n) is 0.769. The fraction of sp³-hybridized carbons (Fsp3) is 0.200. The Hall–Kier alpha value is -1.44. The SMILES string of the molecule is CC(C)=COc1ccccc1N. The molecular weight excluding hydrogens is 150 g/mol. The molecule has 64 valence electrons. The predicted molar refractivity (Wildman–Crippen MR) is 50.9 cm³/mol. The first kappa shape index (κ1) is 8.65. The maximum absolute atomic E-state index is 5.65. The van der Waals surface area contributed by atoms with Crippen molar-refractivity contribution in [1.29, 1.82) is 0 Å². The summed E-state index contributed by atoms with van der Waals surface area (Å²) < 4.78 is 5.31. The number of rotatable bonds is 2. The summed E-state index contributed by atoms with van der Waals surface area (Å²) in [5.41, 5.74) is 7.42. The molecule has 0 atom stereocenters.